The monoisotopic (exact) mass is 290 g/mol. The summed E-state index contributed by atoms with van der Waals surface area (Å²) in [5.41, 5.74) is 2.18. The second kappa shape index (κ2) is 5.55. The van der Waals surface area contributed by atoms with E-state index in [9.17, 15) is 9.50 Å². The number of hydrogen-bond donors (Lipinski definition) is 1. The molecule has 0 spiro atoms. The molecule has 1 fully saturated rings. The highest BCUT2D eigenvalue weighted by Crippen LogP contribution is 2.37. The molecule has 2 aromatic rings. The fraction of sp³-hybridized carbons (Fsp3) is 0.294. The van der Waals surface area contributed by atoms with Gasteiger partial charge in [-0.25, -0.2) is 4.39 Å². The first-order valence-corrected chi connectivity index (χ1v) is 7.26. The molecule has 0 saturated heterocycles. The maximum atomic E-state index is 14.0. The molecule has 0 heterocycles. The van der Waals surface area contributed by atoms with E-state index in [1.807, 2.05) is 18.2 Å². The van der Waals surface area contributed by atoms with Crippen LogP contribution in [0, 0.1) is 5.82 Å². The zero-order chi connectivity index (χ0) is 14.1. The number of aliphatic hydroxyl groups is 1. The third-order valence-electron chi connectivity index (χ3n) is 4.08. The van der Waals surface area contributed by atoms with E-state index in [1.54, 1.807) is 12.1 Å². The van der Waals surface area contributed by atoms with E-state index in [0.29, 0.717) is 5.92 Å². The maximum absolute atomic E-state index is 14.0. The van der Waals surface area contributed by atoms with Crippen molar-refractivity contribution in [3.05, 3.63) is 70.0 Å². The second-order valence-corrected chi connectivity index (χ2v) is 5.75. The molecule has 3 heteroatoms. The fourth-order valence-corrected chi connectivity index (χ4v) is 2.82. The summed E-state index contributed by atoms with van der Waals surface area (Å²) in [6.07, 6.45) is 2.69. The molecule has 1 atom stereocenters. The summed E-state index contributed by atoms with van der Waals surface area (Å²) in [6.45, 7) is 0. The standard InChI is InChI=1S/C17H16ClFO/c18-15-9-3-8-14(16(15)19)17(20)13-7-2-6-12(10-13)11-4-1-5-11/h2-3,6-11,17,20H,1,4-5H2. The SMILES string of the molecule is OC(c1cccc(C2CCC2)c1)c1cccc(Cl)c1F. The highest BCUT2D eigenvalue weighted by atomic mass is 35.5. The minimum atomic E-state index is -0.978. The van der Waals surface area contributed by atoms with Gasteiger partial charge in [-0.2, -0.15) is 0 Å². The lowest BCUT2D eigenvalue weighted by Crippen LogP contribution is -2.10. The molecule has 104 valence electrons. The lowest BCUT2D eigenvalue weighted by atomic mass is 9.79. The minimum Gasteiger partial charge on any atom is -0.384 e. The summed E-state index contributed by atoms with van der Waals surface area (Å²) in [4.78, 5) is 0. The number of rotatable bonds is 3. The molecule has 1 unspecified atom stereocenters. The highest BCUT2D eigenvalue weighted by Gasteiger charge is 2.22. The Bertz CT molecular complexity index is 622. The van der Waals surface area contributed by atoms with Gasteiger partial charge in [-0.15, -0.1) is 0 Å². The van der Waals surface area contributed by atoms with Gasteiger partial charge in [0.2, 0.25) is 0 Å². The van der Waals surface area contributed by atoms with E-state index in [-0.39, 0.29) is 10.6 Å². The topological polar surface area (TPSA) is 20.2 Å². The lowest BCUT2D eigenvalue weighted by Gasteiger charge is -2.26. The molecular weight excluding hydrogens is 275 g/mol. The maximum Gasteiger partial charge on any atom is 0.147 e. The van der Waals surface area contributed by atoms with Gasteiger partial charge in [0.1, 0.15) is 11.9 Å². The van der Waals surface area contributed by atoms with Crippen LogP contribution in [0.4, 0.5) is 4.39 Å². The minimum absolute atomic E-state index is 0.0386. The van der Waals surface area contributed by atoms with Crippen LogP contribution in [0.1, 0.15) is 48.0 Å². The highest BCUT2D eigenvalue weighted by molar-refractivity contribution is 6.30. The number of aliphatic hydroxyl groups excluding tert-OH is 1. The fourth-order valence-electron chi connectivity index (χ4n) is 2.64. The Labute approximate surface area is 123 Å². The van der Waals surface area contributed by atoms with Gasteiger partial charge in [-0.1, -0.05) is 54.4 Å². The third-order valence-corrected chi connectivity index (χ3v) is 4.37. The summed E-state index contributed by atoms with van der Waals surface area (Å²) in [5.74, 6) is 0.0436. The molecule has 0 bridgehead atoms. The summed E-state index contributed by atoms with van der Waals surface area (Å²) in [7, 11) is 0. The zero-order valence-corrected chi connectivity index (χ0v) is 11.8. The summed E-state index contributed by atoms with van der Waals surface area (Å²) < 4.78 is 14.0. The van der Waals surface area contributed by atoms with Gasteiger partial charge >= 0.3 is 0 Å². The molecule has 0 amide bonds. The summed E-state index contributed by atoms with van der Waals surface area (Å²) >= 11 is 5.77. The molecule has 0 aliphatic heterocycles. The van der Waals surface area contributed by atoms with Gasteiger partial charge < -0.3 is 5.11 Å². The van der Waals surface area contributed by atoms with Gasteiger partial charge in [0.25, 0.3) is 0 Å². The van der Waals surface area contributed by atoms with Crippen LogP contribution in [0.15, 0.2) is 42.5 Å². The Balaban J connectivity index is 1.93. The van der Waals surface area contributed by atoms with E-state index in [0.717, 1.165) is 5.56 Å². The molecule has 3 rings (SSSR count). The average molecular weight is 291 g/mol. The first kappa shape index (κ1) is 13.6. The third kappa shape index (κ3) is 2.46. The first-order chi connectivity index (χ1) is 9.66. The smallest absolute Gasteiger partial charge is 0.147 e. The van der Waals surface area contributed by atoms with Crippen LogP contribution in [0.25, 0.3) is 0 Å². The van der Waals surface area contributed by atoms with E-state index in [2.05, 4.69) is 6.07 Å². The molecular formula is C17H16ClFO. The Morgan fingerprint density at radius 2 is 1.90 bits per heavy atom. The molecule has 1 saturated carbocycles. The van der Waals surface area contributed by atoms with Crippen molar-refractivity contribution in [3.63, 3.8) is 0 Å². The largest absolute Gasteiger partial charge is 0.384 e. The summed E-state index contributed by atoms with van der Waals surface area (Å²) in [6, 6.07) is 12.5. The molecule has 1 aliphatic rings. The molecule has 1 N–H and O–H groups in total. The predicted octanol–water partition coefficient (Wildman–Crippen LogP) is 4.83. The molecule has 0 aromatic heterocycles. The molecule has 1 nitrogen and oxygen atoms in total. The van der Waals surface area contributed by atoms with Crippen molar-refractivity contribution in [3.8, 4) is 0 Å². The van der Waals surface area contributed by atoms with Crippen LogP contribution < -0.4 is 0 Å². The number of halogens is 2. The summed E-state index contributed by atoms with van der Waals surface area (Å²) in [5, 5.41) is 10.4. The van der Waals surface area contributed by atoms with Crippen molar-refractivity contribution in [1.29, 1.82) is 0 Å². The van der Waals surface area contributed by atoms with E-state index in [1.165, 1.54) is 30.9 Å². The van der Waals surface area contributed by atoms with Crippen LogP contribution in [0.2, 0.25) is 5.02 Å². The van der Waals surface area contributed by atoms with Crippen LogP contribution in [-0.4, -0.2) is 5.11 Å². The second-order valence-electron chi connectivity index (χ2n) is 5.34. The first-order valence-electron chi connectivity index (χ1n) is 6.88. The van der Waals surface area contributed by atoms with Crippen molar-refractivity contribution in [2.24, 2.45) is 0 Å². The Hall–Kier alpha value is -1.38. The van der Waals surface area contributed by atoms with E-state index < -0.39 is 11.9 Å². The van der Waals surface area contributed by atoms with Crippen molar-refractivity contribution in [2.75, 3.05) is 0 Å². The van der Waals surface area contributed by atoms with E-state index in [4.69, 9.17) is 11.6 Å². The normalized spacial score (nSPS) is 16.8. The number of hydrogen-bond acceptors (Lipinski definition) is 1. The van der Waals surface area contributed by atoms with E-state index >= 15 is 0 Å². The van der Waals surface area contributed by atoms with Crippen LogP contribution in [0.3, 0.4) is 0 Å². The van der Waals surface area contributed by atoms with Gasteiger partial charge in [-0.05, 0) is 36.0 Å². The molecule has 1 aliphatic carbocycles. The van der Waals surface area contributed by atoms with Crippen molar-refractivity contribution >= 4 is 11.6 Å². The van der Waals surface area contributed by atoms with Gasteiger partial charge in [0.15, 0.2) is 0 Å². The van der Waals surface area contributed by atoms with Crippen LogP contribution in [0.5, 0.6) is 0 Å². The van der Waals surface area contributed by atoms with Gasteiger partial charge in [0.05, 0.1) is 5.02 Å². The Morgan fingerprint density at radius 3 is 2.60 bits per heavy atom. The molecule has 0 radical (unpaired) electrons. The van der Waals surface area contributed by atoms with Crippen molar-refractivity contribution in [2.45, 2.75) is 31.3 Å². The van der Waals surface area contributed by atoms with Gasteiger partial charge in [-0.3, -0.25) is 0 Å². The predicted molar refractivity (Wildman–Crippen MR) is 78.5 cm³/mol. The lowest BCUT2D eigenvalue weighted by molar-refractivity contribution is 0.214. The molecule has 2 aromatic carbocycles. The van der Waals surface area contributed by atoms with Crippen molar-refractivity contribution < 1.29 is 9.50 Å². The van der Waals surface area contributed by atoms with Crippen molar-refractivity contribution in [1.82, 2.24) is 0 Å². The van der Waals surface area contributed by atoms with Crippen LogP contribution in [-0.2, 0) is 0 Å². The zero-order valence-electron chi connectivity index (χ0n) is 11.0. The molecule has 20 heavy (non-hydrogen) atoms. The average Bonchev–Trinajstić information content (AvgIpc) is 2.40. The van der Waals surface area contributed by atoms with Gasteiger partial charge in [0, 0.05) is 5.56 Å². The quantitative estimate of drug-likeness (QED) is 0.858. The number of benzene rings is 2. The Kier molecular flexibility index (Phi) is 3.77. The Morgan fingerprint density at radius 1 is 1.15 bits per heavy atom. The van der Waals surface area contributed by atoms with Crippen LogP contribution >= 0.6 is 11.6 Å².